The molecule has 2 aliphatic heterocycles. The summed E-state index contributed by atoms with van der Waals surface area (Å²) in [7, 11) is 0. The number of hydrogen-bond acceptors (Lipinski definition) is 4. The second kappa shape index (κ2) is 7.01. The van der Waals surface area contributed by atoms with E-state index in [4.69, 9.17) is 0 Å². The summed E-state index contributed by atoms with van der Waals surface area (Å²) in [6.07, 6.45) is 2.38. The smallest absolute Gasteiger partial charge is 0.255 e. The Morgan fingerprint density at radius 1 is 1.23 bits per heavy atom. The average Bonchev–Trinajstić information content (AvgIpc) is 2.91. The number of pyridine rings is 1. The molecule has 22 heavy (non-hydrogen) atoms. The third kappa shape index (κ3) is 3.46. The van der Waals surface area contributed by atoms with Crippen LogP contribution in [0.3, 0.4) is 0 Å². The van der Waals surface area contributed by atoms with Crippen molar-refractivity contribution in [1.82, 2.24) is 14.8 Å². The van der Waals surface area contributed by atoms with E-state index in [1.165, 1.54) is 17.9 Å². The number of aryl methyl sites for hydroxylation is 2. The summed E-state index contributed by atoms with van der Waals surface area (Å²) in [5.41, 5.74) is 2.57. The molecule has 0 aromatic carbocycles. The van der Waals surface area contributed by atoms with Gasteiger partial charge in [0.05, 0.1) is 11.3 Å². The van der Waals surface area contributed by atoms with Crippen LogP contribution < -0.4 is 0 Å². The fourth-order valence-corrected chi connectivity index (χ4v) is 4.65. The van der Waals surface area contributed by atoms with Gasteiger partial charge in [-0.2, -0.15) is 11.8 Å². The van der Waals surface area contributed by atoms with Gasteiger partial charge in [-0.3, -0.25) is 14.7 Å². The average molecular weight is 319 g/mol. The maximum Gasteiger partial charge on any atom is 0.255 e. The highest BCUT2D eigenvalue weighted by molar-refractivity contribution is 7.99. The van der Waals surface area contributed by atoms with Crippen LogP contribution in [0.5, 0.6) is 0 Å². The summed E-state index contributed by atoms with van der Waals surface area (Å²) in [5, 5.41) is 0. The maximum atomic E-state index is 12.8. The lowest BCUT2D eigenvalue weighted by atomic mass is 10.1. The van der Waals surface area contributed by atoms with E-state index in [1.54, 1.807) is 0 Å². The summed E-state index contributed by atoms with van der Waals surface area (Å²) in [5.74, 6) is 2.69. The molecule has 2 fully saturated rings. The van der Waals surface area contributed by atoms with Crippen molar-refractivity contribution >= 4 is 17.7 Å². The van der Waals surface area contributed by atoms with Crippen LogP contribution in [0.4, 0.5) is 0 Å². The van der Waals surface area contributed by atoms with Crippen molar-refractivity contribution in [2.24, 2.45) is 0 Å². The SMILES string of the molecule is Cc1ccc(C(=O)N2CCCN(C3CCSC3)CC2)c(C)n1. The number of thioether (sulfide) groups is 1. The van der Waals surface area contributed by atoms with Crippen LogP contribution in [0, 0.1) is 13.8 Å². The highest BCUT2D eigenvalue weighted by atomic mass is 32.2. The molecule has 1 unspecified atom stereocenters. The van der Waals surface area contributed by atoms with Gasteiger partial charge in [0, 0.05) is 43.7 Å². The third-order valence-electron chi connectivity index (χ3n) is 4.70. The lowest BCUT2D eigenvalue weighted by Crippen LogP contribution is -2.39. The van der Waals surface area contributed by atoms with Gasteiger partial charge >= 0.3 is 0 Å². The predicted octanol–water partition coefficient (Wildman–Crippen LogP) is 2.35. The molecule has 3 rings (SSSR count). The number of hydrogen-bond donors (Lipinski definition) is 0. The molecule has 0 bridgehead atoms. The van der Waals surface area contributed by atoms with Crippen molar-refractivity contribution < 1.29 is 4.79 Å². The molecule has 4 nitrogen and oxygen atoms in total. The lowest BCUT2D eigenvalue weighted by Gasteiger charge is -2.27. The summed E-state index contributed by atoms with van der Waals surface area (Å²) in [6.45, 7) is 7.73. The molecule has 0 saturated carbocycles. The minimum absolute atomic E-state index is 0.146. The highest BCUT2D eigenvalue weighted by Crippen LogP contribution is 2.23. The number of aromatic nitrogens is 1. The number of carbonyl (C=O) groups is 1. The van der Waals surface area contributed by atoms with Crippen molar-refractivity contribution in [1.29, 1.82) is 0 Å². The molecule has 0 aliphatic carbocycles. The summed E-state index contributed by atoms with van der Waals surface area (Å²) in [6, 6.07) is 4.58. The molecule has 1 aromatic rings. The van der Waals surface area contributed by atoms with Crippen LogP contribution in [-0.2, 0) is 0 Å². The van der Waals surface area contributed by atoms with Gasteiger partial charge in [0.1, 0.15) is 0 Å². The Bertz CT molecular complexity index is 543. The Labute approximate surface area is 137 Å². The zero-order valence-corrected chi connectivity index (χ0v) is 14.4. The monoisotopic (exact) mass is 319 g/mol. The van der Waals surface area contributed by atoms with Crippen LogP contribution >= 0.6 is 11.8 Å². The van der Waals surface area contributed by atoms with Gasteiger partial charge < -0.3 is 4.90 Å². The van der Waals surface area contributed by atoms with E-state index >= 15 is 0 Å². The zero-order chi connectivity index (χ0) is 15.5. The van der Waals surface area contributed by atoms with Crippen molar-refractivity contribution in [2.75, 3.05) is 37.7 Å². The van der Waals surface area contributed by atoms with E-state index in [-0.39, 0.29) is 5.91 Å². The van der Waals surface area contributed by atoms with Gasteiger partial charge in [-0.15, -0.1) is 0 Å². The Kier molecular flexibility index (Phi) is 5.03. The van der Waals surface area contributed by atoms with Gasteiger partial charge in [0.25, 0.3) is 5.91 Å². The van der Waals surface area contributed by atoms with Gasteiger partial charge in [-0.05, 0) is 44.6 Å². The normalized spacial score (nSPS) is 23.5. The van der Waals surface area contributed by atoms with Crippen LogP contribution in [0.1, 0.15) is 34.6 Å². The zero-order valence-electron chi connectivity index (χ0n) is 13.5. The van der Waals surface area contributed by atoms with Gasteiger partial charge in [0.2, 0.25) is 0 Å². The number of amides is 1. The molecule has 0 spiro atoms. The first-order chi connectivity index (χ1) is 10.6. The van der Waals surface area contributed by atoms with Crippen molar-refractivity contribution in [3.63, 3.8) is 0 Å². The minimum atomic E-state index is 0.146. The second-order valence-electron chi connectivity index (χ2n) is 6.28. The molecule has 2 saturated heterocycles. The highest BCUT2D eigenvalue weighted by Gasteiger charge is 2.27. The van der Waals surface area contributed by atoms with Gasteiger partial charge in [-0.25, -0.2) is 0 Å². The maximum absolute atomic E-state index is 12.8. The van der Waals surface area contributed by atoms with E-state index in [0.717, 1.165) is 55.6 Å². The molecule has 5 heteroatoms. The summed E-state index contributed by atoms with van der Waals surface area (Å²) in [4.78, 5) is 21.8. The number of nitrogens with zero attached hydrogens (tertiary/aromatic N) is 3. The van der Waals surface area contributed by atoms with E-state index < -0.39 is 0 Å². The first kappa shape index (κ1) is 15.8. The fraction of sp³-hybridized carbons (Fsp3) is 0.647. The first-order valence-corrected chi connectivity index (χ1v) is 9.36. The molecule has 1 amide bonds. The quantitative estimate of drug-likeness (QED) is 0.838. The number of carbonyl (C=O) groups excluding carboxylic acids is 1. The van der Waals surface area contributed by atoms with Crippen LogP contribution in [0.2, 0.25) is 0 Å². The Morgan fingerprint density at radius 3 is 2.82 bits per heavy atom. The van der Waals surface area contributed by atoms with Gasteiger partial charge in [-0.1, -0.05) is 0 Å². The van der Waals surface area contributed by atoms with Crippen LogP contribution in [0.15, 0.2) is 12.1 Å². The third-order valence-corrected chi connectivity index (χ3v) is 5.84. The topological polar surface area (TPSA) is 36.4 Å². The first-order valence-electron chi connectivity index (χ1n) is 8.20. The molecule has 0 N–H and O–H groups in total. The molecule has 2 aliphatic rings. The molecular formula is C17H25N3OS. The van der Waals surface area contributed by atoms with Crippen LogP contribution in [0.25, 0.3) is 0 Å². The Balaban J connectivity index is 1.66. The predicted molar refractivity (Wildman–Crippen MR) is 91.5 cm³/mol. The van der Waals surface area contributed by atoms with E-state index in [0.29, 0.717) is 0 Å². The van der Waals surface area contributed by atoms with E-state index in [2.05, 4.69) is 21.6 Å². The molecule has 3 heterocycles. The number of rotatable bonds is 2. The summed E-state index contributed by atoms with van der Waals surface area (Å²) >= 11 is 2.06. The minimum Gasteiger partial charge on any atom is -0.337 e. The van der Waals surface area contributed by atoms with Gasteiger partial charge in [0.15, 0.2) is 0 Å². The van der Waals surface area contributed by atoms with E-state index in [1.807, 2.05) is 30.9 Å². The van der Waals surface area contributed by atoms with Crippen LogP contribution in [-0.4, -0.2) is 64.4 Å². The van der Waals surface area contributed by atoms with E-state index in [9.17, 15) is 4.79 Å². The molecule has 0 radical (unpaired) electrons. The van der Waals surface area contributed by atoms with Crippen molar-refractivity contribution in [3.8, 4) is 0 Å². The standard InChI is InChI=1S/C17H25N3OS/c1-13-4-5-16(14(2)18-13)17(21)20-8-3-7-19(9-10-20)15-6-11-22-12-15/h4-5,15H,3,6-12H2,1-2H3. The van der Waals surface area contributed by atoms with Crippen molar-refractivity contribution in [2.45, 2.75) is 32.7 Å². The largest absolute Gasteiger partial charge is 0.337 e. The fourth-order valence-electron chi connectivity index (χ4n) is 3.40. The molecule has 120 valence electrons. The molecule has 1 aromatic heterocycles. The Morgan fingerprint density at radius 2 is 2.09 bits per heavy atom. The Hall–Kier alpha value is -1.07. The lowest BCUT2D eigenvalue weighted by molar-refractivity contribution is 0.0757. The van der Waals surface area contributed by atoms with Crippen molar-refractivity contribution in [3.05, 3.63) is 29.1 Å². The molecular weight excluding hydrogens is 294 g/mol. The summed E-state index contributed by atoms with van der Waals surface area (Å²) < 4.78 is 0. The molecule has 1 atom stereocenters. The second-order valence-corrected chi connectivity index (χ2v) is 7.43.